The average Bonchev–Trinajstić information content (AvgIpc) is 2.17. The number of benzene rings is 1. The van der Waals surface area contributed by atoms with E-state index in [0.29, 0.717) is 6.07 Å². The molecule has 0 saturated carbocycles. The largest absolute Gasteiger partial charge is 0.507 e. The quantitative estimate of drug-likeness (QED) is 0.522. The second-order valence-corrected chi connectivity index (χ2v) is 3.19. The smallest absolute Gasteiger partial charge is 0.305 e. The number of hydrogen-bond acceptors (Lipinski definition) is 5. The van der Waals surface area contributed by atoms with Crippen LogP contribution in [0.2, 0.25) is 0 Å². The van der Waals surface area contributed by atoms with Gasteiger partial charge in [0, 0.05) is 24.2 Å². The zero-order valence-corrected chi connectivity index (χ0v) is 8.48. The first-order chi connectivity index (χ1) is 7.47. The summed E-state index contributed by atoms with van der Waals surface area (Å²) >= 11 is 0. The molecule has 0 saturated heterocycles. The van der Waals surface area contributed by atoms with E-state index in [9.17, 15) is 24.7 Å². The van der Waals surface area contributed by atoms with Crippen molar-refractivity contribution in [3.05, 3.63) is 33.6 Å². The van der Waals surface area contributed by atoms with Crippen LogP contribution in [0, 0.1) is 15.9 Å². The Hall–Kier alpha value is -1.73. The molecule has 3 N–H and O–H groups in total. The van der Waals surface area contributed by atoms with Crippen molar-refractivity contribution in [2.45, 2.75) is 6.10 Å². The number of aliphatic hydroxyl groups is 1. The lowest BCUT2D eigenvalue weighted by molar-refractivity contribution is -0.387. The molecule has 0 fully saturated rings. The number of phenols is 1. The van der Waals surface area contributed by atoms with Gasteiger partial charge in [0.2, 0.25) is 5.82 Å². The normalized spacial score (nSPS) is 12.4. The number of hydrogen-bond donors (Lipinski definition) is 3. The van der Waals surface area contributed by atoms with Crippen molar-refractivity contribution in [3.8, 4) is 5.75 Å². The number of phenolic OH excluding ortho intramolecular Hbond substituents is 1. The molecule has 16 heavy (non-hydrogen) atoms. The van der Waals surface area contributed by atoms with Crippen molar-refractivity contribution in [1.82, 2.24) is 5.32 Å². The Balaban J connectivity index is 3.19. The molecule has 0 heterocycles. The fourth-order valence-corrected chi connectivity index (χ4v) is 1.28. The van der Waals surface area contributed by atoms with E-state index in [-0.39, 0.29) is 12.1 Å². The first-order valence-electron chi connectivity index (χ1n) is 4.46. The molecule has 6 nitrogen and oxygen atoms in total. The van der Waals surface area contributed by atoms with Gasteiger partial charge in [-0.3, -0.25) is 10.1 Å². The van der Waals surface area contributed by atoms with Crippen LogP contribution in [-0.4, -0.2) is 28.7 Å². The van der Waals surface area contributed by atoms with E-state index in [0.717, 1.165) is 6.07 Å². The number of nitro groups is 1. The number of nitro benzene ring substituents is 1. The molecule has 0 amide bonds. The van der Waals surface area contributed by atoms with Crippen LogP contribution in [0.3, 0.4) is 0 Å². The maximum absolute atomic E-state index is 13.0. The molecule has 0 aromatic heterocycles. The molecule has 0 aliphatic carbocycles. The summed E-state index contributed by atoms with van der Waals surface area (Å²) in [7, 11) is 1.57. The molecule has 1 rings (SSSR count). The van der Waals surface area contributed by atoms with Crippen molar-refractivity contribution in [2.24, 2.45) is 0 Å². The lowest BCUT2D eigenvalue weighted by Gasteiger charge is -2.11. The highest BCUT2D eigenvalue weighted by atomic mass is 19.1. The van der Waals surface area contributed by atoms with Crippen LogP contribution in [0.25, 0.3) is 0 Å². The zero-order valence-electron chi connectivity index (χ0n) is 8.48. The summed E-state index contributed by atoms with van der Waals surface area (Å²) in [6, 6.07) is 1.44. The van der Waals surface area contributed by atoms with E-state index in [1.807, 2.05) is 0 Å². The minimum Gasteiger partial charge on any atom is -0.507 e. The van der Waals surface area contributed by atoms with Gasteiger partial charge in [0.1, 0.15) is 5.75 Å². The van der Waals surface area contributed by atoms with Gasteiger partial charge in [-0.15, -0.1) is 0 Å². The highest BCUT2D eigenvalue weighted by Crippen LogP contribution is 2.30. The van der Waals surface area contributed by atoms with Crippen molar-refractivity contribution >= 4 is 5.69 Å². The van der Waals surface area contributed by atoms with Crippen LogP contribution >= 0.6 is 0 Å². The van der Waals surface area contributed by atoms with E-state index < -0.39 is 28.3 Å². The predicted octanol–water partition coefficient (Wildman–Crippen LogP) is 0.692. The molecule has 0 bridgehead atoms. The number of aromatic hydroxyl groups is 1. The van der Waals surface area contributed by atoms with E-state index >= 15 is 0 Å². The van der Waals surface area contributed by atoms with Crippen LogP contribution < -0.4 is 5.32 Å². The standard InChI is InChI=1S/C9H11FN2O4/c1-11-4-9(14)5-2-7(12(15)16)6(10)3-8(5)13/h2-3,9,11,13-14H,4H2,1H3. The third-order valence-corrected chi connectivity index (χ3v) is 2.05. The molecule has 1 aromatic carbocycles. The Morgan fingerprint density at radius 2 is 2.25 bits per heavy atom. The number of halogens is 1. The molecular formula is C9H11FN2O4. The number of nitrogens with one attached hydrogen (secondary N) is 1. The van der Waals surface area contributed by atoms with Gasteiger partial charge in [0.25, 0.3) is 0 Å². The number of aliphatic hydroxyl groups excluding tert-OH is 1. The Morgan fingerprint density at radius 1 is 1.62 bits per heavy atom. The summed E-state index contributed by atoms with van der Waals surface area (Å²) < 4.78 is 13.0. The minimum absolute atomic E-state index is 0.0811. The van der Waals surface area contributed by atoms with E-state index in [1.165, 1.54) is 0 Å². The van der Waals surface area contributed by atoms with E-state index in [2.05, 4.69) is 5.32 Å². The van der Waals surface area contributed by atoms with Crippen molar-refractivity contribution in [3.63, 3.8) is 0 Å². The van der Waals surface area contributed by atoms with E-state index in [1.54, 1.807) is 7.05 Å². The van der Waals surface area contributed by atoms with Crippen LogP contribution in [0.5, 0.6) is 5.75 Å². The monoisotopic (exact) mass is 230 g/mol. The zero-order chi connectivity index (χ0) is 12.3. The minimum atomic E-state index is -1.14. The highest BCUT2D eigenvalue weighted by Gasteiger charge is 2.21. The SMILES string of the molecule is CNCC(O)c1cc([N+](=O)[O-])c(F)cc1O. The molecule has 0 aliphatic rings. The second-order valence-electron chi connectivity index (χ2n) is 3.19. The van der Waals surface area contributed by atoms with Crippen LogP contribution in [0.15, 0.2) is 12.1 Å². The van der Waals surface area contributed by atoms with Gasteiger partial charge >= 0.3 is 5.69 Å². The fraction of sp³-hybridized carbons (Fsp3) is 0.333. The predicted molar refractivity (Wildman–Crippen MR) is 53.6 cm³/mol. The average molecular weight is 230 g/mol. The van der Waals surface area contributed by atoms with Gasteiger partial charge in [-0.1, -0.05) is 0 Å². The van der Waals surface area contributed by atoms with Crippen molar-refractivity contribution < 1.29 is 19.5 Å². The number of rotatable bonds is 4. The van der Waals surface area contributed by atoms with Crippen LogP contribution in [0.4, 0.5) is 10.1 Å². The fourth-order valence-electron chi connectivity index (χ4n) is 1.28. The van der Waals surface area contributed by atoms with Gasteiger partial charge in [0.05, 0.1) is 11.0 Å². The van der Waals surface area contributed by atoms with Gasteiger partial charge in [-0.2, -0.15) is 4.39 Å². The van der Waals surface area contributed by atoms with Gasteiger partial charge < -0.3 is 15.5 Å². The topological polar surface area (TPSA) is 95.6 Å². The van der Waals surface area contributed by atoms with Crippen molar-refractivity contribution in [2.75, 3.05) is 13.6 Å². The number of nitrogens with zero attached hydrogens (tertiary/aromatic N) is 1. The Bertz CT molecular complexity index is 411. The first kappa shape index (κ1) is 12.3. The maximum Gasteiger partial charge on any atom is 0.305 e. The Morgan fingerprint density at radius 3 is 2.75 bits per heavy atom. The van der Waals surface area contributed by atoms with Gasteiger partial charge in [0.15, 0.2) is 0 Å². The molecule has 88 valence electrons. The molecule has 0 spiro atoms. The summed E-state index contributed by atoms with van der Waals surface area (Å²) in [6.45, 7) is 0.0936. The molecule has 7 heteroatoms. The summed E-state index contributed by atoms with van der Waals surface area (Å²) in [4.78, 5) is 9.54. The maximum atomic E-state index is 13.0. The highest BCUT2D eigenvalue weighted by molar-refractivity contribution is 5.45. The molecule has 0 aliphatic heterocycles. The molecule has 1 aromatic rings. The summed E-state index contributed by atoms with van der Waals surface area (Å²) in [6.07, 6.45) is -1.13. The summed E-state index contributed by atoms with van der Waals surface area (Å²) in [5, 5.41) is 32.0. The molecule has 0 radical (unpaired) electrons. The number of likely N-dealkylation sites (N-methyl/N-ethyl adjacent to an activating group) is 1. The summed E-state index contributed by atoms with van der Waals surface area (Å²) in [5.41, 5.74) is -0.856. The molecular weight excluding hydrogens is 219 g/mol. The van der Waals surface area contributed by atoms with Gasteiger partial charge in [-0.05, 0) is 7.05 Å². The third kappa shape index (κ3) is 2.44. The summed E-state index contributed by atoms with van der Waals surface area (Å²) in [5.74, 6) is -1.64. The lowest BCUT2D eigenvalue weighted by Crippen LogP contribution is -2.17. The lowest BCUT2D eigenvalue weighted by atomic mass is 10.1. The van der Waals surface area contributed by atoms with Crippen LogP contribution in [0.1, 0.15) is 11.7 Å². The first-order valence-corrected chi connectivity index (χ1v) is 4.46. The van der Waals surface area contributed by atoms with Crippen molar-refractivity contribution in [1.29, 1.82) is 0 Å². The molecule has 1 unspecified atom stereocenters. The molecule has 1 atom stereocenters. The van der Waals surface area contributed by atoms with Crippen LogP contribution in [-0.2, 0) is 0 Å². The Kier molecular flexibility index (Phi) is 3.75. The van der Waals surface area contributed by atoms with E-state index in [4.69, 9.17) is 0 Å². The third-order valence-electron chi connectivity index (χ3n) is 2.05. The second kappa shape index (κ2) is 4.86. The van der Waals surface area contributed by atoms with Gasteiger partial charge in [-0.25, -0.2) is 0 Å². The Labute approximate surface area is 90.5 Å².